The van der Waals surface area contributed by atoms with Crippen LogP contribution in [0.3, 0.4) is 0 Å². The number of pyridine rings is 1. The number of benzene rings is 2. The van der Waals surface area contributed by atoms with Crippen molar-refractivity contribution in [2.45, 2.75) is 37.0 Å². The summed E-state index contributed by atoms with van der Waals surface area (Å²) in [7, 11) is 0. The minimum atomic E-state index is -3.94. The fourth-order valence-electron chi connectivity index (χ4n) is 7.63. The fourth-order valence-corrected chi connectivity index (χ4v) is 7.63. The minimum absolute atomic E-state index is 0.0293. The van der Waals surface area contributed by atoms with Gasteiger partial charge in [-0.3, -0.25) is 9.88 Å². The van der Waals surface area contributed by atoms with E-state index in [-0.39, 0.29) is 65.7 Å². The lowest BCUT2D eigenvalue weighted by Crippen LogP contribution is -2.43. The van der Waals surface area contributed by atoms with Gasteiger partial charge in [-0.05, 0) is 55.0 Å². The van der Waals surface area contributed by atoms with Crippen molar-refractivity contribution in [3.05, 3.63) is 53.8 Å². The second-order valence-electron chi connectivity index (χ2n) is 12.7. The van der Waals surface area contributed by atoms with Gasteiger partial charge in [-0.25, -0.2) is 22.0 Å². The van der Waals surface area contributed by atoms with Gasteiger partial charge in [0.05, 0.1) is 36.5 Å². The van der Waals surface area contributed by atoms with Crippen molar-refractivity contribution < 1.29 is 43.3 Å². The van der Waals surface area contributed by atoms with E-state index >= 15 is 8.78 Å². The highest BCUT2D eigenvalue weighted by atomic mass is 19.2. The van der Waals surface area contributed by atoms with Crippen molar-refractivity contribution in [2.75, 3.05) is 56.9 Å². The van der Waals surface area contributed by atoms with Gasteiger partial charge in [0.1, 0.15) is 32.5 Å². The Kier molecular flexibility index (Phi) is 6.95. The summed E-state index contributed by atoms with van der Waals surface area (Å²) >= 11 is 0. The first-order chi connectivity index (χ1) is 23.9. The molecule has 8 rings (SSSR count). The summed E-state index contributed by atoms with van der Waals surface area (Å²) in [5, 5.41) is -0.464. The maximum atomic E-state index is 16.9. The molecule has 0 bridgehead atoms. The largest absolute Gasteiger partial charge is 0.461 e. The Labute approximate surface area is 273 Å². The Balaban J connectivity index is 1.30. The van der Waals surface area contributed by atoms with E-state index in [9.17, 15) is 17.6 Å². The van der Waals surface area contributed by atoms with Crippen molar-refractivity contribution >= 4 is 33.2 Å². The van der Waals surface area contributed by atoms with Gasteiger partial charge in [0.2, 0.25) is 12.6 Å². The van der Waals surface area contributed by atoms with Crippen LogP contribution in [0, 0.1) is 23.4 Å². The predicted molar refractivity (Wildman–Crippen MR) is 164 cm³/mol. The van der Waals surface area contributed by atoms with E-state index < -0.39 is 64.8 Å². The summed E-state index contributed by atoms with van der Waals surface area (Å²) in [5.41, 5.74) is 5.07. The maximum Gasteiger partial charge on any atom is 0.319 e. The van der Waals surface area contributed by atoms with Crippen LogP contribution < -0.4 is 20.1 Å². The van der Waals surface area contributed by atoms with E-state index in [1.165, 1.54) is 18.3 Å². The Hall–Kier alpha value is -4.37. The minimum Gasteiger partial charge on any atom is -0.461 e. The number of rotatable bonds is 7. The average Bonchev–Trinajstić information content (AvgIpc) is 3.42. The Morgan fingerprint density at radius 3 is 2.81 bits per heavy atom. The number of nitrogen functional groups attached to an aromatic ring is 1. The smallest absolute Gasteiger partial charge is 0.319 e. The lowest BCUT2D eigenvalue weighted by atomic mass is 9.94. The van der Waals surface area contributed by atoms with Crippen LogP contribution in [0.4, 0.5) is 37.8 Å². The molecule has 2 aromatic carbocycles. The molecule has 3 aliphatic heterocycles. The topological polar surface area (TPSA) is 98.9 Å². The number of hydrogen-bond acceptors (Lipinski definition) is 9. The predicted octanol–water partition coefficient (Wildman–Crippen LogP) is 5.79. The van der Waals surface area contributed by atoms with Gasteiger partial charge in [-0.1, -0.05) is 0 Å². The van der Waals surface area contributed by atoms with E-state index in [0.29, 0.717) is 24.9 Å². The quantitative estimate of drug-likeness (QED) is 0.193. The molecule has 9 nitrogen and oxygen atoms in total. The van der Waals surface area contributed by atoms with Crippen molar-refractivity contribution in [3.63, 3.8) is 0 Å². The molecule has 1 aliphatic carbocycles. The van der Waals surface area contributed by atoms with Gasteiger partial charge < -0.3 is 24.8 Å². The number of anilines is 2. The molecule has 0 radical (unpaired) electrons. The van der Waals surface area contributed by atoms with Gasteiger partial charge in [0.15, 0.2) is 17.4 Å². The van der Waals surface area contributed by atoms with Crippen LogP contribution in [0.25, 0.3) is 32.9 Å². The van der Waals surface area contributed by atoms with Crippen LogP contribution in [0.5, 0.6) is 11.8 Å². The molecular formula is C33H30F6N6O3. The molecule has 15 heteroatoms. The summed E-state index contributed by atoms with van der Waals surface area (Å²) in [6, 6.07) is 2.27. The second kappa shape index (κ2) is 11.7. The summed E-state index contributed by atoms with van der Waals surface area (Å²) in [5.74, 6) is -5.73. The van der Waals surface area contributed by atoms with Crippen LogP contribution in [-0.2, 0) is 4.74 Å². The molecule has 2 aromatic heterocycles. The summed E-state index contributed by atoms with van der Waals surface area (Å²) in [6.07, 6.45) is 2.66. The first-order valence-electron chi connectivity index (χ1n) is 16.5. The lowest BCUT2D eigenvalue weighted by molar-refractivity contribution is 0.108. The van der Waals surface area contributed by atoms with Gasteiger partial charge in [0.25, 0.3) is 0 Å². The number of nitrogens with zero attached hydrogens (tertiary/aromatic N) is 5. The van der Waals surface area contributed by atoms with Crippen LogP contribution in [0.1, 0.15) is 22.0 Å². The Morgan fingerprint density at radius 2 is 2.00 bits per heavy atom. The van der Waals surface area contributed by atoms with Crippen LogP contribution in [-0.4, -0.2) is 83.9 Å². The standard InChI is InChI=1S/C33H30F6N6O3/c34-10-16-9-33(2-1-3-44(33)12-16)14-47-32-42-28-20(31(43-32)45-4-5-46-13-21-24(37)29(21)45)11-41-27(26(28)39)19-8-18(40)6-17-7-22(36)25(38)30(23(17)19)48-15-35/h6-8,10-11,21,24,29H,1-5,9,12-15,40H2/b16-10-/t21-,24-,29-,33-/m0/s1/i15D2. The Morgan fingerprint density at radius 1 is 1.15 bits per heavy atom. The van der Waals surface area contributed by atoms with Crippen molar-refractivity contribution in [3.8, 4) is 23.0 Å². The third-order valence-electron chi connectivity index (χ3n) is 9.92. The Bertz CT molecular complexity index is 2070. The maximum absolute atomic E-state index is 16.9. The second-order valence-corrected chi connectivity index (χ2v) is 12.7. The van der Waals surface area contributed by atoms with Crippen LogP contribution in [0.15, 0.2) is 36.3 Å². The van der Waals surface area contributed by atoms with E-state index in [4.69, 9.17) is 17.9 Å². The molecule has 4 fully saturated rings. The zero-order valence-electron chi connectivity index (χ0n) is 27.3. The number of halogens is 6. The number of aromatic nitrogens is 3. The molecular weight excluding hydrogens is 642 g/mol. The number of hydrogen-bond donors (Lipinski definition) is 1. The molecule has 0 unspecified atom stereocenters. The van der Waals surface area contributed by atoms with E-state index in [1.54, 1.807) is 4.90 Å². The monoisotopic (exact) mass is 674 g/mol. The summed E-state index contributed by atoms with van der Waals surface area (Å²) in [6.45, 7) is -2.01. The van der Waals surface area contributed by atoms with Crippen molar-refractivity contribution in [1.29, 1.82) is 0 Å². The van der Waals surface area contributed by atoms with Crippen LogP contribution >= 0.6 is 0 Å². The molecule has 0 amide bonds. The SMILES string of the molecule is [2H]C([2H])(F)Oc1c(F)c(F)cc2cc(N)cc(-c3ncc4c(N5CCOC[C@H]6[C@H](F)[C@H]65)nc(OC[C@@]56CCCN5C/C(=C\F)C6)nc4c3F)c12. The van der Waals surface area contributed by atoms with E-state index in [0.717, 1.165) is 25.5 Å². The number of nitrogens with two attached hydrogens (primary N) is 1. The highest BCUT2D eigenvalue weighted by Gasteiger charge is 2.56. The first-order valence-corrected chi connectivity index (χ1v) is 15.5. The molecule has 1 saturated carbocycles. The third-order valence-corrected chi connectivity index (χ3v) is 9.92. The normalized spacial score (nSPS) is 27.2. The molecule has 2 N–H and O–H groups in total. The number of alkyl halides is 2. The van der Waals surface area contributed by atoms with Crippen LogP contribution in [0.2, 0.25) is 0 Å². The summed E-state index contributed by atoms with van der Waals surface area (Å²) in [4.78, 5) is 17.1. The van der Waals surface area contributed by atoms with Gasteiger partial charge in [0, 0.05) is 41.8 Å². The fraction of sp³-hybridized carbons (Fsp3) is 0.424. The molecule has 0 spiro atoms. The van der Waals surface area contributed by atoms with E-state index in [1.807, 2.05) is 0 Å². The molecule has 48 heavy (non-hydrogen) atoms. The first kappa shape index (κ1) is 28.6. The highest BCUT2D eigenvalue weighted by molar-refractivity contribution is 6.04. The average molecular weight is 675 g/mol. The third kappa shape index (κ3) is 4.88. The van der Waals surface area contributed by atoms with Gasteiger partial charge in [-0.15, -0.1) is 0 Å². The van der Waals surface area contributed by atoms with E-state index in [2.05, 4.69) is 24.6 Å². The molecule has 3 saturated heterocycles. The van der Waals surface area contributed by atoms with Crippen molar-refractivity contribution in [2.24, 2.45) is 5.92 Å². The zero-order chi connectivity index (χ0) is 35.1. The molecule has 4 aromatic rings. The summed E-state index contributed by atoms with van der Waals surface area (Å²) < 4.78 is 120. The number of fused-ring (bicyclic) bond motifs is 4. The molecule has 252 valence electrons. The molecule has 4 aliphatic rings. The lowest BCUT2D eigenvalue weighted by Gasteiger charge is -2.31. The van der Waals surface area contributed by atoms with Gasteiger partial charge >= 0.3 is 6.01 Å². The molecule has 4 atom stereocenters. The van der Waals surface area contributed by atoms with Crippen molar-refractivity contribution in [1.82, 2.24) is 19.9 Å². The zero-order valence-corrected chi connectivity index (χ0v) is 25.3. The molecule has 5 heterocycles. The van der Waals surface area contributed by atoms with Gasteiger partial charge in [-0.2, -0.15) is 14.4 Å². The number of ether oxygens (including phenoxy) is 3. The highest BCUT2D eigenvalue weighted by Crippen LogP contribution is 2.46.